The average Bonchev–Trinajstić information content (AvgIpc) is 3.00. The summed E-state index contributed by atoms with van der Waals surface area (Å²) in [6, 6.07) is 19.5. The molecular weight excluding hydrogens is 525 g/mol. The molecule has 0 fully saturated rings. The molecule has 3 amide bonds. The number of nitrogens with one attached hydrogen (secondary N) is 2. The predicted molar refractivity (Wildman–Crippen MR) is 145 cm³/mol. The Morgan fingerprint density at radius 2 is 1.71 bits per heavy atom. The Labute approximate surface area is 228 Å². The first-order valence-electron chi connectivity index (χ1n) is 11.7. The van der Waals surface area contributed by atoms with Gasteiger partial charge in [-0.25, -0.2) is 0 Å². The SMILES string of the molecule is O=C(Nc1ccc(CN2C(=O)c3ccc(Cl)cc3NC(=O)C2Cc2ccccn2)cc1)c1cc(Cl)ccn1. The Bertz CT molecular complexity index is 1510. The first-order valence-corrected chi connectivity index (χ1v) is 12.5. The lowest BCUT2D eigenvalue weighted by Gasteiger charge is -2.28. The molecule has 10 heteroatoms. The van der Waals surface area contributed by atoms with Crippen LogP contribution in [0.25, 0.3) is 0 Å². The molecule has 2 N–H and O–H groups in total. The van der Waals surface area contributed by atoms with Crippen molar-refractivity contribution in [2.24, 2.45) is 0 Å². The van der Waals surface area contributed by atoms with E-state index in [1.165, 1.54) is 17.2 Å². The van der Waals surface area contributed by atoms with Gasteiger partial charge in [0, 0.05) is 46.8 Å². The van der Waals surface area contributed by atoms with E-state index < -0.39 is 11.9 Å². The summed E-state index contributed by atoms with van der Waals surface area (Å²) in [5.74, 6) is -1.03. The quantitative estimate of drug-likeness (QED) is 0.344. The van der Waals surface area contributed by atoms with E-state index in [4.69, 9.17) is 23.2 Å². The maximum atomic E-state index is 13.7. The van der Waals surface area contributed by atoms with Gasteiger partial charge in [-0.15, -0.1) is 0 Å². The van der Waals surface area contributed by atoms with Gasteiger partial charge in [0.15, 0.2) is 0 Å². The monoisotopic (exact) mass is 545 g/mol. The fourth-order valence-corrected chi connectivity index (χ4v) is 4.51. The lowest BCUT2D eigenvalue weighted by Crippen LogP contribution is -2.46. The summed E-state index contributed by atoms with van der Waals surface area (Å²) in [6.45, 7) is 0.163. The molecule has 1 unspecified atom stereocenters. The number of hydrogen-bond donors (Lipinski definition) is 2. The van der Waals surface area contributed by atoms with Crippen LogP contribution in [-0.4, -0.2) is 38.6 Å². The van der Waals surface area contributed by atoms with Crippen molar-refractivity contribution in [1.82, 2.24) is 14.9 Å². The van der Waals surface area contributed by atoms with E-state index in [1.54, 1.807) is 60.8 Å². The third-order valence-electron chi connectivity index (χ3n) is 6.06. The molecule has 190 valence electrons. The number of rotatable bonds is 6. The molecule has 1 aliphatic heterocycles. The number of fused-ring (bicyclic) bond motifs is 1. The number of benzene rings is 2. The molecule has 0 bridgehead atoms. The number of amides is 3. The summed E-state index contributed by atoms with van der Waals surface area (Å²) in [7, 11) is 0. The predicted octanol–water partition coefficient (Wildman–Crippen LogP) is 5.24. The topological polar surface area (TPSA) is 104 Å². The minimum atomic E-state index is -0.808. The van der Waals surface area contributed by atoms with Crippen molar-refractivity contribution in [3.63, 3.8) is 0 Å². The number of pyridine rings is 2. The molecule has 0 saturated heterocycles. The standard InChI is InChI=1S/C28H21Cl2N5O3/c29-18-6-9-22-23(13-18)34-27(37)25(15-21-3-1-2-11-31-21)35(28(22)38)16-17-4-7-20(8-5-17)33-26(36)24-14-19(30)10-12-32-24/h1-14,25H,15-16H2,(H,33,36)(H,34,37). The molecular formula is C28H21Cl2N5O3. The second-order valence-corrected chi connectivity index (χ2v) is 9.54. The first kappa shape index (κ1) is 25.4. The highest BCUT2D eigenvalue weighted by Crippen LogP contribution is 2.29. The van der Waals surface area contributed by atoms with Gasteiger partial charge in [-0.3, -0.25) is 24.4 Å². The molecule has 0 spiro atoms. The van der Waals surface area contributed by atoms with Crippen molar-refractivity contribution in [2.75, 3.05) is 10.6 Å². The van der Waals surface area contributed by atoms with Crippen molar-refractivity contribution in [2.45, 2.75) is 19.0 Å². The van der Waals surface area contributed by atoms with Gasteiger partial charge in [-0.05, 0) is 60.2 Å². The fraction of sp³-hybridized carbons (Fsp3) is 0.107. The highest BCUT2D eigenvalue weighted by atomic mass is 35.5. The normalized spacial score (nSPS) is 14.9. The maximum absolute atomic E-state index is 13.7. The van der Waals surface area contributed by atoms with Gasteiger partial charge in [-0.1, -0.05) is 41.4 Å². The van der Waals surface area contributed by atoms with Gasteiger partial charge >= 0.3 is 0 Å². The van der Waals surface area contributed by atoms with Crippen LogP contribution in [0.3, 0.4) is 0 Å². The van der Waals surface area contributed by atoms with E-state index in [-0.39, 0.29) is 30.5 Å². The molecule has 4 aromatic rings. The highest BCUT2D eigenvalue weighted by molar-refractivity contribution is 6.31. The number of aromatic nitrogens is 2. The van der Waals surface area contributed by atoms with Crippen LogP contribution < -0.4 is 10.6 Å². The van der Waals surface area contributed by atoms with Crippen LogP contribution in [0.1, 0.15) is 32.1 Å². The second-order valence-electron chi connectivity index (χ2n) is 8.66. The van der Waals surface area contributed by atoms with Gasteiger partial charge in [0.1, 0.15) is 11.7 Å². The first-order chi connectivity index (χ1) is 18.4. The van der Waals surface area contributed by atoms with E-state index in [0.717, 1.165) is 5.56 Å². The van der Waals surface area contributed by atoms with Crippen molar-refractivity contribution in [1.29, 1.82) is 0 Å². The molecule has 1 aliphatic rings. The van der Waals surface area contributed by atoms with Gasteiger partial charge in [0.25, 0.3) is 11.8 Å². The van der Waals surface area contributed by atoms with Gasteiger partial charge in [0.05, 0.1) is 11.3 Å². The number of halogens is 2. The van der Waals surface area contributed by atoms with Crippen molar-refractivity contribution in [3.05, 3.63) is 118 Å². The molecule has 8 nitrogen and oxygen atoms in total. The van der Waals surface area contributed by atoms with Crippen LogP contribution >= 0.6 is 23.2 Å². The summed E-state index contributed by atoms with van der Waals surface area (Å²) < 4.78 is 0. The molecule has 0 aliphatic carbocycles. The number of anilines is 2. The van der Waals surface area contributed by atoms with Crippen LogP contribution in [0.4, 0.5) is 11.4 Å². The summed E-state index contributed by atoms with van der Waals surface area (Å²) in [4.78, 5) is 49.4. The Morgan fingerprint density at radius 3 is 2.45 bits per heavy atom. The van der Waals surface area contributed by atoms with Gasteiger partial charge in [-0.2, -0.15) is 0 Å². The molecule has 3 heterocycles. The maximum Gasteiger partial charge on any atom is 0.274 e. The molecule has 1 atom stereocenters. The van der Waals surface area contributed by atoms with Crippen LogP contribution in [0.2, 0.25) is 10.0 Å². The van der Waals surface area contributed by atoms with E-state index in [0.29, 0.717) is 32.7 Å². The number of nitrogens with zero attached hydrogens (tertiary/aromatic N) is 3. The van der Waals surface area contributed by atoms with Crippen molar-refractivity contribution < 1.29 is 14.4 Å². The highest BCUT2D eigenvalue weighted by Gasteiger charge is 2.36. The molecule has 0 radical (unpaired) electrons. The second kappa shape index (κ2) is 11.0. The molecule has 2 aromatic heterocycles. The number of carbonyl (C=O) groups excluding carboxylic acids is 3. The minimum Gasteiger partial charge on any atom is -0.323 e. The van der Waals surface area contributed by atoms with Crippen molar-refractivity contribution in [3.8, 4) is 0 Å². The van der Waals surface area contributed by atoms with E-state index in [1.807, 2.05) is 12.1 Å². The smallest absolute Gasteiger partial charge is 0.274 e. The Balaban J connectivity index is 1.40. The minimum absolute atomic E-state index is 0.163. The molecule has 5 rings (SSSR count). The molecule has 0 saturated carbocycles. The summed E-state index contributed by atoms with van der Waals surface area (Å²) in [5, 5.41) is 6.46. The Morgan fingerprint density at radius 1 is 0.921 bits per heavy atom. The molecule has 38 heavy (non-hydrogen) atoms. The largest absolute Gasteiger partial charge is 0.323 e. The van der Waals surface area contributed by atoms with Crippen LogP contribution in [0.5, 0.6) is 0 Å². The van der Waals surface area contributed by atoms with E-state index in [2.05, 4.69) is 20.6 Å². The van der Waals surface area contributed by atoms with E-state index in [9.17, 15) is 14.4 Å². The summed E-state index contributed by atoms with van der Waals surface area (Å²) >= 11 is 12.1. The summed E-state index contributed by atoms with van der Waals surface area (Å²) in [5.41, 5.74) is 2.91. The zero-order chi connectivity index (χ0) is 26.6. The Kier molecular flexibility index (Phi) is 7.35. The van der Waals surface area contributed by atoms with Gasteiger partial charge < -0.3 is 15.5 Å². The fourth-order valence-electron chi connectivity index (χ4n) is 4.18. The van der Waals surface area contributed by atoms with Crippen molar-refractivity contribution >= 4 is 52.3 Å². The Hall–Kier alpha value is -4.27. The zero-order valence-corrected chi connectivity index (χ0v) is 21.4. The lowest BCUT2D eigenvalue weighted by atomic mass is 10.1. The van der Waals surface area contributed by atoms with E-state index >= 15 is 0 Å². The number of carbonyl (C=O) groups is 3. The number of hydrogen-bond acceptors (Lipinski definition) is 5. The lowest BCUT2D eigenvalue weighted by molar-refractivity contribution is -0.120. The van der Waals surface area contributed by atoms with Crippen LogP contribution in [-0.2, 0) is 17.8 Å². The zero-order valence-electron chi connectivity index (χ0n) is 19.9. The van der Waals surface area contributed by atoms with Crippen LogP contribution in [0, 0.1) is 0 Å². The summed E-state index contributed by atoms with van der Waals surface area (Å²) in [6.07, 6.45) is 3.35. The van der Waals surface area contributed by atoms with Gasteiger partial charge in [0.2, 0.25) is 5.91 Å². The average molecular weight is 546 g/mol. The third kappa shape index (κ3) is 5.66. The van der Waals surface area contributed by atoms with Crippen LogP contribution in [0.15, 0.2) is 85.2 Å². The molecule has 2 aromatic carbocycles. The third-order valence-corrected chi connectivity index (χ3v) is 6.53.